The van der Waals surface area contributed by atoms with E-state index in [1.165, 1.54) is 0 Å². The van der Waals surface area contributed by atoms with Crippen LogP contribution in [0.5, 0.6) is 0 Å². The van der Waals surface area contributed by atoms with Crippen molar-refractivity contribution >= 4 is 11.5 Å². The lowest BCUT2D eigenvalue weighted by molar-refractivity contribution is 0.318. The fraction of sp³-hybridized carbons (Fsp3) is 0.250. The molecule has 0 saturated heterocycles. The summed E-state index contributed by atoms with van der Waals surface area (Å²) in [6.07, 6.45) is 1.76. The van der Waals surface area contributed by atoms with Gasteiger partial charge in [0.05, 0.1) is 6.54 Å². The number of hydrogen-bond donors (Lipinski definition) is 2. The Morgan fingerprint density at radius 3 is 2.79 bits per heavy atom. The van der Waals surface area contributed by atoms with Crippen LogP contribution in [0.4, 0.5) is 5.69 Å². The van der Waals surface area contributed by atoms with E-state index in [9.17, 15) is 0 Å². The standard InChI is InChI=1S/C12H14N6O/c13-12(16-19)9-1-3-10(4-2-9)17-5-6-18-8-14-15-11(18)7-17/h1-4,8,19H,5-7H2,(H2,13,16). The summed E-state index contributed by atoms with van der Waals surface area (Å²) < 4.78 is 2.06. The van der Waals surface area contributed by atoms with Gasteiger partial charge in [-0.2, -0.15) is 0 Å². The number of oxime groups is 1. The molecule has 1 aromatic carbocycles. The van der Waals surface area contributed by atoms with Crippen LogP contribution in [0.3, 0.4) is 0 Å². The van der Waals surface area contributed by atoms with Crippen LogP contribution in [0.15, 0.2) is 35.7 Å². The Morgan fingerprint density at radius 2 is 2.05 bits per heavy atom. The molecule has 3 rings (SSSR count). The van der Waals surface area contributed by atoms with Gasteiger partial charge in [-0.15, -0.1) is 10.2 Å². The molecule has 0 spiro atoms. The van der Waals surface area contributed by atoms with E-state index in [2.05, 4.69) is 24.8 Å². The zero-order valence-electron chi connectivity index (χ0n) is 10.3. The second kappa shape index (κ2) is 4.60. The number of amidine groups is 1. The maximum atomic E-state index is 8.63. The first-order valence-electron chi connectivity index (χ1n) is 5.97. The summed E-state index contributed by atoms with van der Waals surface area (Å²) in [4.78, 5) is 2.22. The number of hydrogen-bond acceptors (Lipinski definition) is 5. The maximum Gasteiger partial charge on any atom is 0.170 e. The van der Waals surface area contributed by atoms with Crippen LogP contribution in [-0.2, 0) is 13.1 Å². The van der Waals surface area contributed by atoms with Gasteiger partial charge in [0.1, 0.15) is 6.33 Å². The molecule has 0 bridgehead atoms. The molecule has 1 aromatic heterocycles. The minimum atomic E-state index is 0.116. The topological polar surface area (TPSA) is 92.6 Å². The zero-order chi connectivity index (χ0) is 13.2. The summed E-state index contributed by atoms with van der Waals surface area (Å²) in [7, 11) is 0. The highest BCUT2D eigenvalue weighted by molar-refractivity contribution is 5.97. The van der Waals surface area contributed by atoms with Crippen molar-refractivity contribution in [3.63, 3.8) is 0 Å². The van der Waals surface area contributed by atoms with Crippen LogP contribution >= 0.6 is 0 Å². The van der Waals surface area contributed by atoms with E-state index in [1.807, 2.05) is 24.3 Å². The molecular weight excluding hydrogens is 244 g/mol. The third-order valence-electron chi connectivity index (χ3n) is 3.27. The Labute approximate surface area is 110 Å². The van der Waals surface area contributed by atoms with Gasteiger partial charge >= 0.3 is 0 Å². The summed E-state index contributed by atoms with van der Waals surface area (Å²) in [6.45, 7) is 2.53. The fourth-order valence-corrected chi connectivity index (χ4v) is 2.19. The van der Waals surface area contributed by atoms with E-state index in [1.54, 1.807) is 6.33 Å². The summed E-state index contributed by atoms with van der Waals surface area (Å²) in [5.74, 6) is 1.08. The molecule has 1 aliphatic heterocycles. The Hall–Kier alpha value is -2.57. The smallest absolute Gasteiger partial charge is 0.170 e. The number of rotatable bonds is 2. The van der Waals surface area contributed by atoms with Gasteiger partial charge in [-0.05, 0) is 24.3 Å². The van der Waals surface area contributed by atoms with Crippen molar-refractivity contribution in [3.05, 3.63) is 42.0 Å². The van der Waals surface area contributed by atoms with E-state index >= 15 is 0 Å². The van der Waals surface area contributed by atoms with Gasteiger partial charge in [-0.3, -0.25) is 0 Å². The van der Waals surface area contributed by atoms with Crippen LogP contribution in [0.2, 0.25) is 0 Å². The third-order valence-corrected chi connectivity index (χ3v) is 3.27. The van der Waals surface area contributed by atoms with Gasteiger partial charge in [-0.1, -0.05) is 5.16 Å². The zero-order valence-corrected chi connectivity index (χ0v) is 10.3. The number of benzene rings is 1. The number of fused-ring (bicyclic) bond motifs is 1. The van der Waals surface area contributed by atoms with Gasteiger partial charge in [0.2, 0.25) is 0 Å². The van der Waals surface area contributed by atoms with Crippen molar-refractivity contribution in [1.82, 2.24) is 14.8 Å². The van der Waals surface area contributed by atoms with Gasteiger partial charge < -0.3 is 20.4 Å². The monoisotopic (exact) mass is 258 g/mol. The maximum absolute atomic E-state index is 8.63. The minimum Gasteiger partial charge on any atom is -0.409 e. The largest absolute Gasteiger partial charge is 0.409 e. The first-order valence-corrected chi connectivity index (χ1v) is 5.97. The van der Waals surface area contributed by atoms with Gasteiger partial charge in [0.15, 0.2) is 11.7 Å². The quantitative estimate of drug-likeness (QED) is 0.352. The molecule has 0 fully saturated rings. The minimum absolute atomic E-state index is 0.116. The molecule has 2 heterocycles. The molecule has 3 N–H and O–H groups in total. The van der Waals surface area contributed by atoms with Crippen molar-refractivity contribution in [2.75, 3.05) is 11.4 Å². The predicted molar refractivity (Wildman–Crippen MR) is 70.0 cm³/mol. The highest BCUT2D eigenvalue weighted by atomic mass is 16.4. The first kappa shape index (κ1) is 11.5. The predicted octanol–water partition coefficient (Wildman–Crippen LogP) is 0.393. The van der Waals surface area contributed by atoms with Gasteiger partial charge in [0, 0.05) is 24.3 Å². The summed E-state index contributed by atoms with van der Waals surface area (Å²) in [6, 6.07) is 7.59. The Balaban J connectivity index is 1.81. The number of aromatic nitrogens is 3. The van der Waals surface area contributed by atoms with E-state index < -0.39 is 0 Å². The molecule has 0 aliphatic carbocycles. The van der Waals surface area contributed by atoms with E-state index in [-0.39, 0.29) is 5.84 Å². The number of nitrogens with two attached hydrogens (primary N) is 1. The van der Waals surface area contributed by atoms with Crippen LogP contribution in [-0.4, -0.2) is 32.4 Å². The summed E-state index contributed by atoms with van der Waals surface area (Å²) in [5, 5.41) is 19.6. The molecule has 0 radical (unpaired) electrons. The molecule has 0 saturated carbocycles. The van der Waals surface area contributed by atoms with Crippen LogP contribution in [0.25, 0.3) is 0 Å². The second-order valence-electron chi connectivity index (χ2n) is 4.39. The van der Waals surface area contributed by atoms with E-state index in [4.69, 9.17) is 10.9 Å². The van der Waals surface area contributed by atoms with Gasteiger partial charge in [-0.25, -0.2) is 0 Å². The average molecular weight is 258 g/mol. The van der Waals surface area contributed by atoms with Crippen molar-refractivity contribution in [3.8, 4) is 0 Å². The SMILES string of the molecule is NC(=NO)c1ccc(N2CCn3cnnc3C2)cc1. The van der Waals surface area contributed by atoms with E-state index in [0.717, 1.165) is 31.1 Å². The average Bonchev–Trinajstić information content (AvgIpc) is 2.94. The fourth-order valence-electron chi connectivity index (χ4n) is 2.19. The molecule has 2 aromatic rings. The molecule has 98 valence electrons. The lowest BCUT2D eigenvalue weighted by atomic mass is 10.1. The lowest BCUT2D eigenvalue weighted by Gasteiger charge is -2.29. The molecule has 1 aliphatic rings. The van der Waals surface area contributed by atoms with E-state index in [0.29, 0.717) is 5.56 Å². The molecule has 7 heteroatoms. The molecule has 0 atom stereocenters. The summed E-state index contributed by atoms with van der Waals surface area (Å²) >= 11 is 0. The van der Waals surface area contributed by atoms with Crippen LogP contribution in [0.1, 0.15) is 11.4 Å². The van der Waals surface area contributed by atoms with Crippen molar-refractivity contribution in [2.45, 2.75) is 13.1 Å². The Morgan fingerprint density at radius 1 is 1.26 bits per heavy atom. The third kappa shape index (κ3) is 2.10. The Kier molecular flexibility index (Phi) is 2.79. The first-order chi connectivity index (χ1) is 9.28. The number of nitrogens with zero attached hydrogens (tertiary/aromatic N) is 5. The highest BCUT2D eigenvalue weighted by Gasteiger charge is 2.17. The molecule has 19 heavy (non-hydrogen) atoms. The van der Waals surface area contributed by atoms with Crippen molar-refractivity contribution in [2.24, 2.45) is 10.9 Å². The molecular formula is C12H14N6O. The van der Waals surface area contributed by atoms with Crippen LogP contribution < -0.4 is 10.6 Å². The summed E-state index contributed by atoms with van der Waals surface area (Å²) in [5.41, 5.74) is 7.32. The highest BCUT2D eigenvalue weighted by Crippen LogP contribution is 2.20. The van der Waals surface area contributed by atoms with Crippen molar-refractivity contribution < 1.29 is 5.21 Å². The number of anilines is 1. The van der Waals surface area contributed by atoms with Gasteiger partial charge in [0.25, 0.3) is 0 Å². The molecule has 0 amide bonds. The Bertz CT molecular complexity index is 603. The molecule has 0 unspecified atom stereocenters. The molecule has 7 nitrogen and oxygen atoms in total. The van der Waals surface area contributed by atoms with Crippen LogP contribution in [0, 0.1) is 0 Å². The van der Waals surface area contributed by atoms with Crippen molar-refractivity contribution in [1.29, 1.82) is 0 Å². The second-order valence-corrected chi connectivity index (χ2v) is 4.39. The lowest BCUT2D eigenvalue weighted by Crippen LogP contribution is -2.33. The normalized spacial score (nSPS) is 15.4.